The van der Waals surface area contributed by atoms with Crippen molar-refractivity contribution >= 4 is 17.3 Å². The molecule has 2 heterocycles. The lowest BCUT2D eigenvalue weighted by Gasteiger charge is -2.30. The standard InChI is InChI=1S/C17H20F2N4O/c1-10-13(11(2)23(21-10)17(18)19)9-16(24)22-8-4-5-12-14(20)6-3-7-15(12)22/h3,6-7,17H,4-5,8-9,20H2,1-2H3. The van der Waals surface area contributed by atoms with E-state index in [9.17, 15) is 13.6 Å². The molecule has 0 radical (unpaired) electrons. The van der Waals surface area contributed by atoms with E-state index < -0.39 is 6.55 Å². The van der Waals surface area contributed by atoms with E-state index in [0.29, 0.717) is 33.9 Å². The van der Waals surface area contributed by atoms with Gasteiger partial charge in [0, 0.05) is 29.2 Å². The second-order valence-corrected chi connectivity index (χ2v) is 6.04. The number of carbonyl (C=O) groups is 1. The summed E-state index contributed by atoms with van der Waals surface area (Å²) in [5.41, 5.74) is 9.86. The lowest BCUT2D eigenvalue weighted by molar-refractivity contribution is -0.118. The highest BCUT2D eigenvalue weighted by Crippen LogP contribution is 2.32. The van der Waals surface area contributed by atoms with Crippen molar-refractivity contribution in [2.75, 3.05) is 17.2 Å². The van der Waals surface area contributed by atoms with Gasteiger partial charge in [-0.05, 0) is 44.4 Å². The minimum absolute atomic E-state index is 0.0542. The highest BCUT2D eigenvalue weighted by molar-refractivity contribution is 5.96. The number of alkyl halides is 2. The van der Waals surface area contributed by atoms with Crippen LogP contribution in [0.25, 0.3) is 0 Å². The van der Waals surface area contributed by atoms with Crippen molar-refractivity contribution in [2.45, 2.75) is 39.7 Å². The molecule has 0 saturated heterocycles. The Hall–Kier alpha value is -2.44. The Labute approximate surface area is 139 Å². The fourth-order valence-corrected chi connectivity index (χ4v) is 3.30. The number of halogens is 2. The van der Waals surface area contributed by atoms with Crippen LogP contribution in [0.2, 0.25) is 0 Å². The average Bonchev–Trinajstić information content (AvgIpc) is 2.83. The van der Waals surface area contributed by atoms with E-state index in [2.05, 4.69) is 5.10 Å². The number of hydrogen-bond donors (Lipinski definition) is 1. The summed E-state index contributed by atoms with van der Waals surface area (Å²) in [6, 6.07) is 5.53. The lowest BCUT2D eigenvalue weighted by Crippen LogP contribution is -2.37. The maximum Gasteiger partial charge on any atom is 0.333 e. The summed E-state index contributed by atoms with van der Waals surface area (Å²) in [7, 11) is 0. The van der Waals surface area contributed by atoms with Gasteiger partial charge in [0.1, 0.15) is 0 Å². The first-order chi connectivity index (χ1) is 11.4. The van der Waals surface area contributed by atoms with Crippen LogP contribution in [0.1, 0.15) is 35.5 Å². The zero-order valence-corrected chi connectivity index (χ0v) is 13.7. The molecule has 0 atom stereocenters. The molecule has 7 heteroatoms. The topological polar surface area (TPSA) is 64.2 Å². The zero-order chi connectivity index (χ0) is 17.4. The van der Waals surface area contributed by atoms with Crippen LogP contribution in [0.3, 0.4) is 0 Å². The number of rotatable bonds is 3. The first-order valence-corrected chi connectivity index (χ1v) is 7.90. The molecule has 0 unspecified atom stereocenters. The van der Waals surface area contributed by atoms with Gasteiger partial charge in [0.05, 0.1) is 12.1 Å². The number of aromatic nitrogens is 2. The maximum atomic E-state index is 12.9. The molecule has 0 spiro atoms. The molecule has 128 valence electrons. The number of aryl methyl sites for hydroxylation is 1. The molecule has 2 N–H and O–H groups in total. The number of nitrogens with two attached hydrogens (primary N) is 1. The van der Waals surface area contributed by atoms with Gasteiger partial charge in [0.15, 0.2) is 0 Å². The molecule has 0 saturated carbocycles. The third-order valence-corrected chi connectivity index (χ3v) is 4.58. The molecule has 1 aromatic carbocycles. The number of nitrogens with zero attached hydrogens (tertiary/aromatic N) is 3. The van der Waals surface area contributed by atoms with Crippen LogP contribution in [0.4, 0.5) is 20.2 Å². The molecule has 0 aliphatic carbocycles. The number of benzene rings is 1. The SMILES string of the molecule is Cc1nn(C(F)F)c(C)c1CC(=O)N1CCCc2c(N)cccc21. The third-order valence-electron chi connectivity index (χ3n) is 4.58. The smallest absolute Gasteiger partial charge is 0.333 e. The molecular formula is C17H20F2N4O. The molecule has 1 aliphatic heterocycles. The summed E-state index contributed by atoms with van der Waals surface area (Å²) >= 11 is 0. The van der Waals surface area contributed by atoms with Gasteiger partial charge >= 0.3 is 6.55 Å². The Morgan fingerprint density at radius 1 is 1.38 bits per heavy atom. The fraction of sp³-hybridized carbons (Fsp3) is 0.412. The van der Waals surface area contributed by atoms with Gasteiger partial charge in [-0.2, -0.15) is 13.9 Å². The van der Waals surface area contributed by atoms with Gasteiger partial charge in [-0.15, -0.1) is 0 Å². The van der Waals surface area contributed by atoms with E-state index in [1.54, 1.807) is 18.7 Å². The van der Waals surface area contributed by atoms with Crippen molar-refractivity contribution in [2.24, 2.45) is 0 Å². The Morgan fingerprint density at radius 2 is 2.12 bits per heavy atom. The fourth-order valence-electron chi connectivity index (χ4n) is 3.30. The molecular weight excluding hydrogens is 314 g/mol. The largest absolute Gasteiger partial charge is 0.398 e. The van der Waals surface area contributed by atoms with Crippen LogP contribution in [-0.4, -0.2) is 22.2 Å². The van der Waals surface area contributed by atoms with Crippen molar-refractivity contribution < 1.29 is 13.6 Å². The van der Waals surface area contributed by atoms with Gasteiger partial charge < -0.3 is 10.6 Å². The van der Waals surface area contributed by atoms with E-state index in [-0.39, 0.29) is 12.3 Å². The number of carbonyl (C=O) groups excluding carboxylic acids is 1. The summed E-state index contributed by atoms with van der Waals surface area (Å²) in [6.45, 7) is 1.12. The van der Waals surface area contributed by atoms with Crippen LogP contribution in [0.15, 0.2) is 18.2 Å². The molecule has 1 aliphatic rings. The number of anilines is 2. The predicted octanol–water partition coefficient (Wildman–Crippen LogP) is 3.00. The third kappa shape index (κ3) is 2.74. The predicted molar refractivity (Wildman–Crippen MR) is 88.2 cm³/mol. The van der Waals surface area contributed by atoms with Crippen LogP contribution in [0.5, 0.6) is 0 Å². The molecule has 3 rings (SSSR count). The highest BCUT2D eigenvalue weighted by Gasteiger charge is 2.26. The zero-order valence-electron chi connectivity index (χ0n) is 13.7. The Morgan fingerprint density at radius 3 is 2.79 bits per heavy atom. The van der Waals surface area contributed by atoms with Crippen molar-refractivity contribution in [3.05, 3.63) is 40.7 Å². The van der Waals surface area contributed by atoms with Crippen molar-refractivity contribution in [3.63, 3.8) is 0 Å². The van der Waals surface area contributed by atoms with Crippen LogP contribution >= 0.6 is 0 Å². The molecule has 24 heavy (non-hydrogen) atoms. The Bertz CT molecular complexity index is 785. The molecule has 5 nitrogen and oxygen atoms in total. The summed E-state index contributed by atoms with van der Waals surface area (Å²) in [5, 5.41) is 3.84. The van der Waals surface area contributed by atoms with E-state index in [4.69, 9.17) is 5.73 Å². The second kappa shape index (κ2) is 6.22. The van der Waals surface area contributed by atoms with Gasteiger partial charge in [-0.3, -0.25) is 4.79 Å². The number of amides is 1. The second-order valence-electron chi connectivity index (χ2n) is 6.04. The van der Waals surface area contributed by atoms with Crippen molar-refractivity contribution in [1.82, 2.24) is 9.78 Å². The lowest BCUT2D eigenvalue weighted by atomic mass is 9.99. The van der Waals surface area contributed by atoms with E-state index in [0.717, 1.165) is 24.1 Å². The quantitative estimate of drug-likeness (QED) is 0.878. The van der Waals surface area contributed by atoms with Gasteiger partial charge in [-0.25, -0.2) is 4.68 Å². The molecule has 1 aromatic heterocycles. The number of hydrogen-bond acceptors (Lipinski definition) is 3. The first kappa shape index (κ1) is 16.4. The van der Waals surface area contributed by atoms with Gasteiger partial charge in [-0.1, -0.05) is 6.07 Å². The Kier molecular flexibility index (Phi) is 4.26. The van der Waals surface area contributed by atoms with Gasteiger partial charge in [0.2, 0.25) is 5.91 Å². The molecule has 0 bridgehead atoms. The summed E-state index contributed by atoms with van der Waals surface area (Å²) in [4.78, 5) is 14.5. The highest BCUT2D eigenvalue weighted by atomic mass is 19.3. The molecule has 1 amide bonds. The summed E-state index contributed by atoms with van der Waals surface area (Å²) in [6.07, 6.45) is 1.73. The van der Waals surface area contributed by atoms with E-state index in [1.807, 2.05) is 18.2 Å². The number of fused-ring (bicyclic) bond motifs is 1. The first-order valence-electron chi connectivity index (χ1n) is 7.90. The summed E-state index contributed by atoms with van der Waals surface area (Å²) in [5.74, 6) is -0.124. The van der Waals surface area contributed by atoms with E-state index >= 15 is 0 Å². The average molecular weight is 334 g/mol. The van der Waals surface area contributed by atoms with Crippen LogP contribution in [0, 0.1) is 13.8 Å². The monoisotopic (exact) mass is 334 g/mol. The van der Waals surface area contributed by atoms with Crippen LogP contribution < -0.4 is 10.6 Å². The minimum atomic E-state index is -2.71. The molecule has 0 fully saturated rings. The summed E-state index contributed by atoms with van der Waals surface area (Å²) < 4.78 is 26.6. The van der Waals surface area contributed by atoms with Gasteiger partial charge in [0.25, 0.3) is 0 Å². The Balaban J connectivity index is 1.89. The molecule has 2 aromatic rings. The number of nitrogen functional groups attached to an aromatic ring is 1. The van der Waals surface area contributed by atoms with Crippen molar-refractivity contribution in [3.8, 4) is 0 Å². The maximum absolute atomic E-state index is 12.9. The van der Waals surface area contributed by atoms with Crippen molar-refractivity contribution in [1.29, 1.82) is 0 Å². The normalized spacial score (nSPS) is 14.1. The minimum Gasteiger partial charge on any atom is -0.398 e. The van der Waals surface area contributed by atoms with Crippen LogP contribution in [-0.2, 0) is 17.6 Å². The van der Waals surface area contributed by atoms with E-state index in [1.165, 1.54) is 0 Å².